The SMILES string of the molecule is O=S(=O)([OH+]S(c1ccccc1)(c1ccccc1)c1ccc(F)cc1)c1ccc(C(F)(F)F)cc1. The lowest BCUT2D eigenvalue weighted by Crippen LogP contribution is -2.19. The molecule has 0 spiro atoms. The van der Waals surface area contributed by atoms with Gasteiger partial charge in [-0.1, -0.05) is 36.4 Å². The van der Waals surface area contributed by atoms with E-state index >= 15 is 0 Å². The van der Waals surface area contributed by atoms with Gasteiger partial charge in [-0.3, -0.25) is 3.63 Å². The molecule has 0 aliphatic carbocycles. The third kappa shape index (κ3) is 4.72. The van der Waals surface area contributed by atoms with Gasteiger partial charge < -0.3 is 0 Å². The van der Waals surface area contributed by atoms with E-state index in [-0.39, 0.29) is 4.90 Å². The highest BCUT2D eigenvalue weighted by Gasteiger charge is 2.43. The zero-order valence-corrected chi connectivity index (χ0v) is 19.1. The van der Waals surface area contributed by atoms with Crippen molar-refractivity contribution in [2.24, 2.45) is 0 Å². The summed E-state index contributed by atoms with van der Waals surface area (Å²) in [5.74, 6) is -0.497. The van der Waals surface area contributed by atoms with Gasteiger partial charge in [0, 0.05) is 0 Å². The minimum Gasteiger partial charge on any atom is -0.258 e. The van der Waals surface area contributed by atoms with Crippen LogP contribution < -0.4 is 0 Å². The summed E-state index contributed by atoms with van der Waals surface area (Å²) in [7, 11) is -7.28. The molecule has 0 aliphatic heterocycles. The first-order valence-corrected chi connectivity index (χ1v) is 13.0. The Bertz CT molecular complexity index is 1320. The molecule has 3 nitrogen and oxygen atoms in total. The lowest BCUT2D eigenvalue weighted by molar-refractivity contribution is -0.137. The van der Waals surface area contributed by atoms with E-state index in [4.69, 9.17) is 0 Å². The smallest absolute Gasteiger partial charge is 0.258 e. The minimum atomic E-state index is -4.60. The van der Waals surface area contributed by atoms with Gasteiger partial charge in [0.1, 0.15) is 10.7 Å². The number of halogens is 4. The summed E-state index contributed by atoms with van der Waals surface area (Å²) in [5.41, 5.74) is -0.963. The molecular formula is C25H19F4O3S2+. The molecule has 0 saturated carbocycles. The van der Waals surface area contributed by atoms with Crippen LogP contribution in [0, 0.1) is 5.82 Å². The fraction of sp³-hybridized carbons (Fsp3) is 0.0400. The van der Waals surface area contributed by atoms with Gasteiger partial charge in [0.15, 0.2) is 0 Å². The summed E-state index contributed by atoms with van der Waals surface area (Å²) in [6.07, 6.45) is -4.60. The van der Waals surface area contributed by atoms with Crippen LogP contribution >= 0.6 is 10.3 Å². The Morgan fingerprint density at radius 2 is 0.971 bits per heavy atom. The molecule has 0 aromatic heterocycles. The molecule has 0 amide bonds. The molecule has 4 aromatic carbocycles. The molecule has 0 atom stereocenters. The normalized spacial score (nSPS) is 12.9. The molecule has 9 heteroatoms. The fourth-order valence-electron chi connectivity index (χ4n) is 3.41. The Kier molecular flexibility index (Phi) is 6.53. The molecule has 176 valence electrons. The maximum atomic E-state index is 13.8. The van der Waals surface area contributed by atoms with Crippen LogP contribution in [0.25, 0.3) is 0 Å². The molecule has 0 heterocycles. The third-order valence-electron chi connectivity index (χ3n) is 5.01. The van der Waals surface area contributed by atoms with Gasteiger partial charge >= 0.3 is 16.3 Å². The molecular weight excluding hydrogens is 488 g/mol. The van der Waals surface area contributed by atoms with Gasteiger partial charge in [0.05, 0.1) is 30.6 Å². The Balaban J connectivity index is 1.93. The zero-order chi connectivity index (χ0) is 24.4. The molecule has 0 radical (unpaired) electrons. The largest absolute Gasteiger partial charge is 0.422 e. The number of benzene rings is 4. The predicted octanol–water partition coefficient (Wildman–Crippen LogP) is 7.52. The Morgan fingerprint density at radius 3 is 1.41 bits per heavy atom. The van der Waals surface area contributed by atoms with Crippen LogP contribution in [-0.2, 0) is 16.3 Å². The van der Waals surface area contributed by atoms with Crippen LogP contribution in [0.15, 0.2) is 129 Å². The van der Waals surface area contributed by atoms with Gasteiger partial charge in [-0.05, 0) is 72.8 Å². The third-order valence-corrected chi connectivity index (χ3v) is 10.4. The Labute approximate surface area is 196 Å². The molecule has 1 N–H and O–H groups in total. The van der Waals surface area contributed by atoms with Crippen molar-refractivity contribution in [1.82, 2.24) is 0 Å². The number of alkyl halides is 3. The average Bonchev–Trinajstić information content (AvgIpc) is 2.84. The van der Waals surface area contributed by atoms with Crippen LogP contribution in [0.5, 0.6) is 0 Å². The minimum absolute atomic E-state index is 0.369. The zero-order valence-electron chi connectivity index (χ0n) is 17.5. The van der Waals surface area contributed by atoms with Crippen LogP contribution in [0.4, 0.5) is 17.6 Å². The van der Waals surface area contributed by atoms with Crippen molar-refractivity contribution in [2.45, 2.75) is 25.8 Å². The lowest BCUT2D eigenvalue weighted by atomic mass is 10.2. The number of hydrogen-bond acceptors (Lipinski definition) is 2. The summed E-state index contributed by atoms with van der Waals surface area (Å²) in [6.45, 7) is 0. The van der Waals surface area contributed by atoms with Gasteiger partial charge in [-0.2, -0.15) is 13.2 Å². The van der Waals surface area contributed by atoms with Crippen molar-refractivity contribution in [3.8, 4) is 0 Å². The molecule has 0 saturated heterocycles. The van der Waals surface area contributed by atoms with Gasteiger partial charge in [0.2, 0.25) is 0 Å². The van der Waals surface area contributed by atoms with E-state index < -0.39 is 38.0 Å². The van der Waals surface area contributed by atoms with Crippen LogP contribution in [0.1, 0.15) is 5.56 Å². The molecule has 34 heavy (non-hydrogen) atoms. The number of rotatable bonds is 6. The number of hydrogen-bond donors (Lipinski definition) is 0. The van der Waals surface area contributed by atoms with E-state index in [1.165, 1.54) is 24.3 Å². The van der Waals surface area contributed by atoms with E-state index in [0.717, 1.165) is 12.1 Å². The van der Waals surface area contributed by atoms with Crippen molar-refractivity contribution < 1.29 is 29.6 Å². The van der Waals surface area contributed by atoms with Crippen LogP contribution in [0.3, 0.4) is 0 Å². The second-order valence-electron chi connectivity index (χ2n) is 7.23. The highest BCUT2D eigenvalue weighted by Crippen LogP contribution is 2.68. The Hall–Kier alpha value is -3.14. The predicted molar refractivity (Wildman–Crippen MR) is 123 cm³/mol. The summed E-state index contributed by atoms with van der Waals surface area (Å²) in [6, 6.07) is 26.1. The molecule has 4 aromatic rings. The highest BCUT2D eigenvalue weighted by molar-refractivity contribution is 8.32. The summed E-state index contributed by atoms with van der Waals surface area (Å²) >= 11 is 0. The molecule has 0 fully saturated rings. The molecule has 0 unspecified atom stereocenters. The van der Waals surface area contributed by atoms with Gasteiger partial charge in [-0.15, -0.1) is 8.42 Å². The van der Waals surface area contributed by atoms with Crippen molar-refractivity contribution in [3.05, 3.63) is 121 Å². The second-order valence-corrected chi connectivity index (χ2v) is 11.8. The first-order valence-electron chi connectivity index (χ1n) is 9.99. The summed E-state index contributed by atoms with van der Waals surface area (Å²) in [4.78, 5) is 1.24. The maximum Gasteiger partial charge on any atom is 0.422 e. The van der Waals surface area contributed by atoms with Crippen molar-refractivity contribution in [3.63, 3.8) is 0 Å². The second kappa shape index (κ2) is 9.25. The van der Waals surface area contributed by atoms with Gasteiger partial charge in [-0.25, -0.2) is 4.39 Å². The van der Waals surface area contributed by atoms with E-state index in [9.17, 15) is 26.0 Å². The summed E-state index contributed by atoms with van der Waals surface area (Å²) < 4.78 is 84.1. The first-order chi connectivity index (χ1) is 16.1. The standard InChI is InChI=1S/C25H18F4O3S2/c26-20-13-17-23(18-14-20)33(21-7-3-1-4-8-21,22-9-5-2-6-10-22)32-34(30,31)24-15-11-19(12-16-24)25(27,28)29/h1-18H/p+1. The lowest BCUT2D eigenvalue weighted by Gasteiger charge is -2.34. The van der Waals surface area contributed by atoms with Crippen molar-refractivity contribution in [2.75, 3.05) is 0 Å². The van der Waals surface area contributed by atoms with Gasteiger partial charge in [0.25, 0.3) is 0 Å². The van der Waals surface area contributed by atoms with E-state index in [2.05, 4.69) is 3.63 Å². The summed E-state index contributed by atoms with van der Waals surface area (Å²) in [5, 5.41) is 0. The quantitative estimate of drug-likeness (QED) is 0.154. The van der Waals surface area contributed by atoms with Crippen LogP contribution in [0.2, 0.25) is 0 Å². The van der Waals surface area contributed by atoms with Crippen molar-refractivity contribution >= 4 is 20.4 Å². The monoisotopic (exact) mass is 507 g/mol. The van der Waals surface area contributed by atoms with E-state index in [1.807, 2.05) is 0 Å². The fourth-order valence-corrected chi connectivity index (χ4v) is 8.89. The van der Waals surface area contributed by atoms with Crippen molar-refractivity contribution in [1.29, 1.82) is 0 Å². The Morgan fingerprint density at radius 1 is 0.559 bits per heavy atom. The van der Waals surface area contributed by atoms with E-state index in [1.54, 1.807) is 60.7 Å². The van der Waals surface area contributed by atoms with Crippen LogP contribution in [-0.4, -0.2) is 12.0 Å². The molecule has 0 aliphatic rings. The average molecular weight is 508 g/mol. The first kappa shape index (κ1) is 24.0. The molecule has 0 bridgehead atoms. The highest BCUT2D eigenvalue weighted by atomic mass is 32.3. The molecule has 4 rings (SSSR count). The maximum absolute atomic E-state index is 13.8. The topological polar surface area (TPSA) is 46.9 Å². The van der Waals surface area contributed by atoms with E-state index in [0.29, 0.717) is 26.8 Å².